The summed E-state index contributed by atoms with van der Waals surface area (Å²) in [6, 6.07) is 22.1. The largest absolute Gasteiger partial charge is 0.465 e. The molecule has 0 atom stereocenters. The Bertz CT molecular complexity index is 1220. The quantitative estimate of drug-likeness (QED) is 0.409. The van der Waals surface area contributed by atoms with E-state index in [0.717, 1.165) is 28.0 Å². The van der Waals surface area contributed by atoms with Crippen LogP contribution < -0.4 is 0 Å². The smallest absolute Gasteiger partial charge is 0.337 e. The molecule has 0 saturated heterocycles. The topological polar surface area (TPSA) is 44.1 Å². The van der Waals surface area contributed by atoms with E-state index in [1.54, 1.807) is 12.1 Å². The molecule has 30 heavy (non-hydrogen) atoms. The number of carbonyl (C=O) groups is 1. The van der Waals surface area contributed by atoms with E-state index in [-0.39, 0.29) is 5.97 Å². The van der Waals surface area contributed by atoms with E-state index < -0.39 is 0 Å². The third kappa shape index (κ3) is 4.03. The van der Waals surface area contributed by atoms with Gasteiger partial charge in [-0.05, 0) is 66.4 Å². The summed E-state index contributed by atoms with van der Waals surface area (Å²) in [5, 5.41) is 0. The molecule has 150 valence electrons. The molecule has 0 amide bonds. The first-order valence-corrected chi connectivity index (χ1v) is 9.93. The number of hydrogen-bond acceptors (Lipinski definition) is 3. The molecular formula is C26H24N2O2. The van der Waals surface area contributed by atoms with E-state index in [9.17, 15) is 4.79 Å². The van der Waals surface area contributed by atoms with Crippen LogP contribution in [0, 0.1) is 13.8 Å². The highest BCUT2D eigenvalue weighted by atomic mass is 16.5. The predicted octanol–water partition coefficient (Wildman–Crippen LogP) is 5.66. The van der Waals surface area contributed by atoms with Crippen molar-refractivity contribution in [2.24, 2.45) is 0 Å². The first-order chi connectivity index (χ1) is 14.5. The van der Waals surface area contributed by atoms with Crippen molar-refractivity contribution in [1.82, 2.24) is 9.55 Å². The van der Waals surface area contributed by atoms with Gasteiger partial charge in [0, 0.05) is 6.54 Å². The van der Waals surface area contributed by atoms with Crippen molar-refractivity contribution in [1.29, 1.82) is 0 Å². The lowest BCUT2D eigenvalue weighted by atomic mass is 10.1. The first-order valence-electron chi connectivity index (χ1n) is 9.93. The molecular weight excluding hydrogens is 372 g/mol. The van der Waals surface area contributed by atoms with Crippen LogP contribution in [0.25, 0.3) is 23.2 Å². The summed E-state index contributed by atoms with van der Waals surface area (Å²) < 4.78 is 7.01. The van der Waals surface area contributed by atoms with Crippen LogP contribution in [0.4, 0.5) is 0 Å². The van der Waals surface area contributed by atoms with Gasteiger partial charge in [0.2, 0.25) is 0 Å². The van der Waals surface area contributed by atoms with Gasteiger partial charge in [-0.1, -0.05) is 48.5 Å². The van der Waals surface area contributed by atoms with Crippen molar-refractivity contribution in [2.45, 2.75) is 20.4 Å². The lowest BCUT2D eigenvalue weighted by Gasteiger charge is -2.09. The average Bonchev–Trinajstić information content (AvgIpc) is 3.09. The second-order valence-corrected chi connectivity index (χ2v) is 7.41. The molecule has 4 nitrogen and oxygen atoms in total. The van der Waals surface area contributed by atoms with Crippen molar-refractivity contribution in [3.63, 3.8) is 0 Å². The maximum atomic E-state index is 11.7. The van der Waals surface area contributed by atoms with Crippen molar-refractivity contribution >= 4 is 29.2 Å². The average molecular weight is 396 g/mol. The van der Waals surface area contributed by atoms with Crippen LogP contribution in [0.5, 0.6) is 0 Å². The monoisotopic (exact) mass is 396 g/mol. The van der Waals surface area contributed by atoms with Crippen molar-refractivity contribution < 1.29 is 9.53 Å². The SMILES string of the molecule is COC(=O)c1ccc(Cn2c(C=Cc3ccccc3)nc3cc(C)c(C)cc32)cc1. The minimum absolute atomic E-state index is 0.327. The molecule has 1 aromatic heterocycles. The Labute approximate surface area is 176 Å². The summed E-state index contributed by atoms with van der Waals surface area (Å²) in [6.45, 7) is 4.89. The van der Waals surface area contributed by atoms with E-state index in [1.807, 2.05) is 30.3 Å². The number of aryl methyl sites for hydroxylation is 2. The summed E-state index contributed by atoms with van der Waals surface area (Å²) in [5.74, 6) is 0.572. The number of esters is 1. The van der Waals surface area contributed by atoms with Crippen LogP contribution in [0.1, 0.15) is 38.4 Å². The molecule has 0 saturated carbocycles. The standard InChI is InChI=1S/C26H24N2O2/c1-18-15-23-24(16-19(18)2)28(17-21-9-12-22(13-10-21)26(29)30-3)25(27-23)14-11-20-7-5-4-6-8-20/h4-16H,17H2,1-3H3. The van der Waals surface area contributed by atoms with E-state index in [2.05, 4.69) is 54.8 Å². The Balaban J connectivity index is 1.75. The summed E-state index contributed by atoms with van der Waals surface area (Å²) >= 11 is 0. The molecule has 1 heterocycles. The van der Waals surface area contributed by atoms with Crippen LogP contribution in [0.3, 0.4) is 0 Å². The number of benzene rings is 3. The lowest BCUT2D eigenvalue weighted by Crippen LogP contribution is -2.04. The Morgan fingerprint density at radius 3 is 2.37 bits per heavy atom. The van der Waals surface area contributed by atoms with Crippen LogP contribution in [0.15, 0.2) is 66.7 Å². The summed E-state index contributed by atoms with van der Waals surface area (Å²) in [4.78, 5) is 16.6. The van der Waals surface area contributed by atoms with Gasteiger partial charge in [0.25, 0.3) is 0 Å². The molecule has 0 aliphatic heterocycles. The van der Waals surface area contributed by atoms with E-state index >= 15 is 0 Å². The number of ether oxygens (including phenoxy) is 1. The molecule has 0 fully saturated rings. The zero-order valence-corrected chi connectivity index (χ0v) is 17.4. The van der Waals surface area contributed by atoms with Crippen LogP contribution >= 0.6 is 0 Å². The maximum absolute atomic E-state index is 11.7. The zero-order chi connectivity index (χ0) is 21.1. The number of rotatable bonds is 5. The van der Waals surface area contributed by atoms with Crippen LogP contribution in [-0.2, 0) is 11.3 Å². The van der Waals surface area contributed by atoms with Crippen LogP contribution in [0.2, 0.25) is 0 Å². The fourth-order valence-electron chi connectivity index (χ4n) is 3.47. The van der Waals surface area contributed by atoms with Gasteiger partial charge in [-0.2, -0.15) is 0 Å². The van der Waals surface area contributed by atoms with E-state index in [4.69, 9.17) is 9.72 Å². The number of methoxy groups -OCH3 is 1. The van der Waals surface area contributed by atoms with Gasteiger partial charge < -0.3 is 9.30 Å². The number of nitrogens with zero attached hydrogens (tertiary/aromatic N) is 2. The third-order valence-corrected chi connectivity index (χ3v) is 5.33. The molecule has 4 heteroatoms. The van der Waals surface area contributed by atoms with Crippen molar-refractivity contribution in [3.05, 3.63) is 100 Å². The van der Waals surface area contributed by atoms with Gasteiger partial charge in [0.05, 0.1) is 23.7 Å². The highest BCUT2D eigenvalue weighted by molar-refractivity contribution is 5.89. The molecule has 4 rings (SSSR count). The molecule has 0 spiro atoms. The van der Waals surface area contributed by atoms with Crippen LogP contribution in [-0.4, -0.2) is 22.6 Å². The second-order valence-electron chi connectivity index (χ2n) is 7.41. The Hall–Kier alpha value is -3.66. The number of imidazole rings is 1. The van der Waals surface area contributed by atoms with Gasteiger partial charge in [-0.25, -0.2) is 9.78 Å². The van der Waals surface area contributed by atoms with Crippen molar-refractivity contribution in [3.8, 4) is 0 Å². The Kier molecular flexibility index (Phi) is 5.48. The van der Waals surface area contributed by atoms with Gasteiger partial charge in [0.1, 0.15) is 5.82 Å². The third-order valence-electron chi connectivity index (χ3n) is 5.33. The fourth-order valence-corrected chi connectivity index (χ4v) is 3.47. The van der Waals surface area contributed by atoms with Gasteiger partial charge in [0.15, 0.2) is 0 Å². The first kappa shape index (κ1) is 19.6. The number of aromatic nitrogens is 2. The molecule has 0 N–H and O–H groups in total. The zero-order valence-electron chi connectivity index (χ0n) is 17.4. The normalized spacial score (nSPS) is 11.3. The molecule has 0 unspecified atom stereocenters. The summed E-state index contributed by atoms with van der Waals surface area (Å²) in [6.07, 6.45) is 4.14. The van der Waals surface area contributed by atoms with E-state index in [1.165, 1.54) is 18.2 Å². The predicted molar refractivity (Wildman–Crippen MR) is 121 cm³/mol. The molecule has 0 bridgehead atoms. The minimum atomic E-state index is -0.327. The minimum Gasteiger partial charge on any atom is -0.465 e. The number of carbonyl (C=O) groups excluding carboxylic acids is 1. The number of hydrogen-bond donors (Lipinski definition) is 0. The maximum Gasteiger partial charge on any atom is 0.337 e. The highest BCUT2D eigenvalue weighted by Gasteiger charge is 2.12. The summed E-state index contributed by atoms with van der Waals surface area (Å²) in [5.41, 5.74) is 7.32. The van der Waals surface area contributed by atoms with Gasteiger partial charge in [-0.3, -0.25) is 0 Å². The van der Waals surface area contributed by atoms with Gasteiger partial charge >= 0.3 is 5.97 Å². The van der Waals surface area contributed by atoms with Gasteiger partial charge in [-0.15, -0.1) is 0 Å². The Morgan fingerprint density at radius 1 is 0.967 bits per heavy atom. The summed E-state index contributed by atoms with van der Waals surface area (Å²) in [7, 11) is 1.39. The lowest BCUT2D eigenvalue weighted by molar-refractivity contribution is 0.0600. The second kappa shape index (κ2) is 8.37. The fraction of sp³-hybridized carbons (Fsp3) is 0.154. The van der Waals surface area contributed by atoms with E-state index in [0.29, 0.717) is 12.1 Å². The highest BCUT2D eigenvalue weighted by Crippen LogP contribution is 2.23. The molecule has 0 aliphatic carbocycles. The van der Waals surface area contributed by atoms with Crippen molar-refractivity contribution in [2.75, 3.05) is 7.11 Å². The number of fused-ring (bicyclic) bond motifs is 1. The molecule has 0 aliphatic rings. The molecule has 3 aromatic carbocycles. The molecule has 4 aromatic rings. The molecule has 0 radical (unpaired) electrons. The Morgan fingerprint density at radius 2 is 1.67 bits per heavy atom.